The van der Waals surface area contributed by atoms with E-state index in [0.29, 0.717) is 18.2 Å². The molecule has 3 aromatic rings. The van der Waals surface area contributed by atoms with E-state index in [1.54, 1.807) is 35.4 Å². The Morgan fingerprint density at radius 2 is 2.38 bits per heavy atom. The summed E-state index contributed by atoms with van der Waals surface area (Å²) in [5, 5.41) is 14.1. The molecule has 3 aromatic heterocycles. The van der Waals surface area contributed by atoms with Crippen LogP contribution in [0.15, 0.2) is 45.2 Å². The zero-order chi connectivity index (χ0) is 14.5. The molecule has 0 bridgehead atoms. The summed E-state index contributed by atoms with van der Waals surface area (Å²) in [6, 6.07) is 3.98. The standard InChI is InChI=1S/C13H12N4OS3/c1-2-5-14-12-16-17-13(21-12)20-8-9-7-18-11(15-9)10-4-3-6-19-10/h2-4,6-7H,1,5,8H2,(H,14,16). The summed E-state index contributed by atoms with van der Waals surface area (Å²) in [7, 11) is 0. The molecule has 5 nitrogen and oxygen atoms in total. The minimum absolute atomic E-state index is 0.672. The highest BCUT2D eigenvalue weighted by Crippen LogP contribution is 2.29. The quantitative estimate of drug-likeness (QED) is 0.517. The van der Waals surface area contributed by atoms with Gasteiger partial charge in [0.05, 0.1) is 10.6 Å². The molecule has 0 saturated carbocycles. The first-order chi connectivity index (χ1) is 10.3. The summed E-state index contributed by atoms with van der Waals surface area (Å²) in [5.41, 5.74) is 0.902. The summed E-state index contributed by atoms with van der Waals surface area (Å²) in [6.07, 6.45) is 3.48. The van der Waals surface area contributed by atoms with Crippen molar-refractivity contribution in [3.05, 3.63) is 42.1 Å². The van der Waals surface area contributed by atoms with Crippen LogP contribution in [0.2, 0.25) is 0 Å². The number of anilines is 1. The lowest BCUT2D eigenvalue weighted by Crippen LogP contribution is -1.96. The monoisotopic (exact) mass is 336 g/mol. The predicted octanol–water partition coefficient (Wildman–Crippen LogP) is 4.14. The van der Waals surface area contributed by atoms with E-state index in [4.69, 9.17) is 4.42 Å². The number of hydrogen-bond acceptors (Lipinski definition) is 8. The summed E-state index contributed by atoms with van der Waals surface area (Å²) in [6.45, 7) is 4.34. The number of rotatable bonds is 7. The van der Waals surface area contributed by atoms with E-state index in [0.717, 1.165) is 20.0 Å². The van der Waals surface area contributed by atoms with Gasteiger partial charge in [0.1, 0.15) is 6.26 Å². The topological polar surface area (TPSA) is 63.8 Å². The zero-order valence-corrected chi connectivity index (χ0v) is 13.4. The molecule has 0 atom stereocenters. The molecule has 1 N–H and O–H groups in total. The number of nitrogens with one attached hydrogen (secondary N) is 1. The van der Waals surface area contributed by atoms with Crippen LogP contribution in [0, 0.1) is 0 Å². The van der Waals surface area contributed by atoms with Crippen molar-refractivity contribution in [1.29, 1.82) is 0 Å². The van der Waals surface area contributed by atoms with E-state index >= 15 is 0 Å². The lowest BCUT2D eigenvalue weighted by molar-refractivity contribution is 0.575. The Hall–Kier alpha value is -1.64. The molecule has 0 radical (unpaired) electrons. The average molecular weight is 336 g/mol. The largest absolute Gasteiger partial charge is 0.444 e. The van der Waals surface area contributed by atoms with Crippen LogP contribution < -0.4 is 5.32 Å². The van der Waals surface area contributed by atoms with Crippen LogP contribution in [0.4, 0.5) is 5.13 Å². The minimum atomic E-state index is 0.672. The summed E-state index contributed by atoms with van der Waals surface area (Å²) in [5.74, 6) is 1.39. The molecule has 0 aliphatic rings. The maximum absolute atomic E-state index is 5.49. The summed E-state index contributed by atoms with van der Waals surface area (Å²) >= 11 is 4.74. The Morgan fingerprint density at radius 3 is 3.19 bits per heavy atom. The van der Waals surface area contributed by atoms with Gasteiger partial charge >= 0.3 is 0 Å². The van der Waals surface area contributed by atoms with E-state index in [2.05, 4.69) is 27.1 Å². The Bertz CT molecular complexity index is 705. The van der Waals surface area contributed by atoms with Gasteiger partial charge in [0, 0.05) is 12.3 Å². The molecule has 0 aromatic carbocycles. The lowest BCUT2D eigenvalue weighted by atomic mass is 10.5. The Labute approximate surface area is 134 Å². The van der Waals surface area contributed by atoms with Crippen molar-refractivity contribution in [3.8, 4) is 10.8 Å². The van der Waals surface area contributed by atoms with Crippen molar-refractivity contribution in [3.63, 3.8) is 0 Å². The molecule has 0 spiro atoms. The third-order valence-electron chi connectivity index (χ3n) is 2.43. The highest BCUT2D eigenvalue weighted by atomic mass is 32.2. The van der Waals surface area contributed by atoms with E-state index in [-0.39, 0.29) is 0 Å². The van der Waals surface area contributed by atoms with Crippen molar-refractivity contribution in [2.24, 2.45) is 0 Å². The second-order valence-electron chi connectivity index (χ2n) is 3.95. The van der Waals surface area contributed by atoms with Crippen LogP contribution in [-0.4, -0.2) is 21.7 Å². The molecule has 0 aliphatic carbocycles. The predicted molar refractivity (Wildman–Crippen MR) is 88.0 cm³/mol. The Kier molecular flexibility index (Phi) is 4.69. The van der Waals surface area contributed by atoms with E-state index in [1.807, 2.05) is 17.5 Å². The van der Waals surface area contributed by atoms with Crippen molar-refractivity contribution < 1.29 is 4.42 Å². The molecule has 3 rings (SSSR count). The molecule has 0 aliphatic heterocycles. The van der Waals surface area contributed by atoms with E-state index < -0.39 is 0 Å². The molecule has 0 fully saturated rings. The Balaban J connectivity index is 1.57. The van der Waals surface area contributed by atoms with Crippen LogP contribution in [0.1, 0.15) is 5.69 Å². The SMILES string of the molecule is C=CCNc1nnc(SCc2coc(-c3cccs3)n2)s1. The molecule has 0 saturated heterocycles. The van der Waals surface area contributed by atoms with Crippen LogP contribution in [0.25, 0.3) is 10.8 Å². The van der Waals surface area contributed by atoms with E-state index in [9.17, 15) is 0 Å². The molecule has 21 heavy (non-hydrogen) atoms. The maximum Gasteiger partial charge on any atom is 0.236 e. The molecule has 8 heteroatoms. The van der Waals surface area contributed by atoms with Crippen molar-refractivity contribution >= 4 is 39.6 Å². The number of thioether (sulfide) groups is 1. The first-order valence-corrected chi connectivity index (χ1v) is 8.82. The van der Waals surface area contributed by atoms with Gasteiger partial charge in [-0.15, -0.1) is 28.1 Å². The third kappa shape index (κ3) is 3.72. The molecule has 3 heterocycles. The van der Waals surface area contributed by atoms with Crippen molar-refractivity contribution in [1.82, 2.24) is 15.2 Å². The molecule has 0 amide bonds. The average Bonchev–Trinajstić information content (AvgIpc) is 3.22. The van der Waals surface area contributed by atoms with Crippen LogP contribution in [-0.2, 0) is 5.75 Å². The number of nitrogens with zero attached hydrogens (tertiary/aromatic N) is 3. The third-order valence-corrected chi connectivity index (χ3v) is 5.34. The fourth-order valence-corrected chi connectivity index (χ4v) is 3.81. The van der Waals surface area contributed by atoms with Crippen molar-refractivity contribution in [2.75, 3.05) is 11.9 Å². The smallest absolute Gasteiger partial charge is 0.236 e. The second-order valence-corrected chi connectivity index (χ2v) is 7.10. The molecule has 108 valence electrons. The molecular weight excluding hydrogens is 324 g/mol. The van der Waals surface area contributed by atoms with Gasteiger partial charge in [0.2, 0.25) is 11.0 Å². The number of hydrogen-bond donors (Lipinski definition) is 1. The van der Waals surface area contributed by atoms with Gasteiger partial charge in [-0.3, -0.25) is 0 Å². The van der Waals surface area contributed by atoms with Crippen LogP contribution in [0.5, 0.6) is 0 Å². The maximum atomic E-state index is 5.49. The van der Waals surface area contributed by atoms with Gasteiger partial charge in [-0.25, -0.2) is 4.98 Å². The van der Waals surface area contributed by atoms with Crippen LogP contribution >= 0.6 is 34.4 Å². The summed E-state index contributed by atoms with van der Waals surface area (Å²) in [4.78, 5) is 5.51. The van der Waals surface area contributed by atoms with Crippen molar-refractivity contribution in [2.45, 2.75) is 10.1 Å². The van der Waals surface area contributed by atoms with Gasteiger partial charge < -0.3 is 9.73 Å². The fraction of sp³-hybridized carbons (Fsp3) is 0.154. The number of aromatic nitrogens is 3. The van der Waals surface area contributed by atoms with Gasteiger partial charge in [-0.1, -0.05) is 35.2 Å². The van der Waals surface area contributed by atoms with Gasteiger partial charge in [0.25, 0.3) is 0 Å². The van der Waals surface area contributed by atoms with Gasteiger partial charge in [-0.05, 0) is 11.4 Å². The number of oxazole rings is 1. The highest BCUT2D eigenvalue weighted by Gasteiger charge is 2.09. The molecular formula is C13H12N4OS3. The van der Waals surface area contributed by atoms with Gasteiger partial charge in [-0.2, -0.15) is 0 Å². The number of thiophene rings is 1. The lowest BCUT2D eigenvalue weighted by Gasteiger charge is -1.93. The second kappa shape index (κ2) is 6.88. The minimum Gasteiger partial charge on any atom is -0.444 e. The first-order valence-electron chi connectivity index (χ1n) is 6.14. The fourth-order valence-electron chi connectivity index (χ4n) is 1.52. The Morgan fingerprint density at radius 1 is 1.43 bits per heavy atom. The first kappa shape index (κ1) is 14.3. The highest BCUT2D eigenvalue weighted by molar-refractivity contribution is 8.00. The molecule has 0 unspecified atom stereocenters. The van der Waals surface area contributed by atoms with E-state index in [1.165, 1.54) is 11.3 Å². The van der Waals surface area contributed by atoms with Gasteiger partial charge in [0.15, 0.2) is 4.34 Å². The normalized spacial score (nSPS) is 10.7. The summed E-state index contributed by atoms with van der Waals surface area (Å²) < 4.78 is 6.39. The zero-order valence-electron chi connectivity index (χ0n) is 11.0. The van der Waals surface area contributed by atoms with Crippen LogP contribution in [0.3, 0.4) is 0 Å².